The lowest BCUT2D eigenvalue weighted by Crippen LogP contribution is -2.47. The molecule has 0 atom stereocenters. The van der Waals surface area contributed by atoms with Crippen LogP contribution in [0.15, 0.2) is 23.0 Å². The summed E-state index contributed by atoms with van der Waals surface area (Å²) in [7, 11) is 1.57. The highest BCUT2D eigenvalue weighted by Crippen LogP contribution is 2.24. The zero-order valence-corrected chi connectivity index (χ0v) is 20.0. The third-order valence-electron chi connectivity index (χ3n) is 6.04. The Balaban J connectivity index is 1.48. The summed E-state index contributed by atoms with van der Waals surface area (Å²) in [6, 6.07) is 5.19. The summed E-state index contributed by atoms with van der Waals surface area (Å²) in [5.74, 6) is -2.29. The number of fused-ring (bicyclic) bond motifs is 1. The maximum absolute atomic E-state index is 14.8. The van der Waals surface area contributed by atoms with Crippen LogP contribution in [0.5, 0.6) is 0 Å². The van der Waals surface area contributed by atoms with E-state index >= 15 is 0 Å². The number of amides is 1. The Morgan fingerprint density at radius 3 is 2.60 bits per heavy atom. The number of benzene rings is 1. The largest absolute Gasteiger partial charge is 0.383 e. The predicted octanol–water partition coefficient (Wildman–Crippen LogP) is 1.91. The number of nitrogens with zero attached hydrogens (tertiary/aromatic N) is 4. The van der Waals surface area contributed by atoms with Crippen LogP contribution in [0, 0.1) is 25.5 Å². The van der Waals surface area contributed by atoms with Crippen LogP contribution in [0.2, 0.25) is 0 Å². The van der Waals surface area contributed by atoms with E-state index < -0.39 is 17.2 Å². The third kappa shape index (κ3) is 5.30. The molecule has 0 unspecified atom stereocenters. The molecule has 3 heterocycles. The molecule has 0 spiro atoms. The summed E-state index contributed by atoms with van der Waals surface area (Å²) in [6.07, 6.45) is 0. The van der Waals surface area contributed by atoms with Gasteiger partial charge in [0.1, 0.15) is 11.2 Å². The average Bonchev–Trinajstić information content (AvgIpc) is 2.84. The van der Waals surface area contributed by atoms with Crippen LogP contribution in [-0.2, 0) is 11.3 Å². The molecule has 2 aromatic heterocycles. The van der Waals surface area contributed by atoms with Crippen molar-refractivity contribution in [2.75, 3.05) is 51.3 Å². The van der Waals surface area contributed by atoms with Crippen molar-refractivity contribution in [1.82, 2.24) is 25.2 Å². The number of ether oxygens (including phenoxy) is 1. The van der Waals surface area contributed by atoms with Crippen molar-refractivity contribution in [3.8, 4) is 0 Å². The molecule has 0 radical (unpaired) electrons. The lowest BCUT2D eigenvalue weighted by Gasteiger charge is -2.36. The first-order valence-electron chi connectivity index (χ1n) is 11.4. The van der Waals surface area contributed by atoms with Crippen LogP contribution in [0.4, 0.5) is 14.5 Å². The number of H-pyrrole nitrogens is 1. The molecule has 35 heavy (non-hydrogen) atoms. The van der Waals surface area contributed by atoms with E-state index in [9.17, 15) is 18.4 Å². The molecule has 1 aliphatic heterocycles. The topological polar surface area (TPSA) is 103 Å². The molecule has 1 amide bonds. The van der Waals surface area contributed by atoms with Crippen LogP contribution >= 0.6 is 0 Å². The van der Waals surface area contributed by atoms with E-state index in [1.165, 1.54) is 13.0 Å². The van der Waals surface area contributed by atoms with Crippen molar-refractivity contribution < 1.29 is 18.3 Å². The predicted molar refractivity (Wildman–Crippen MR) is 128 cm³/mol. The zero-order chi connectivity index (χ0) is 25.1. The first-order valence-corrected chi connectivity index (χ1v) is 11.4. The molecule has 1 fully saturated rings. The number of halogens is 2. The quantitative estimate of drug-likeness (QED) is 0.492. The number of nitrogens with one attached hydrogen (secondary N) is 2. The number of aromatic nitrogens is 3. The highest BCUT2D eigenvalue weighted by Gasteiger charge is 2.24. The van der Waals surface area contributed by atoms with Crippen molar-refractivity contribution in [1.29, 1.82) is 0 Å². The number of piperazine rings is 1. The van der Waals surface area contributed by atoms with Crippen LogP contribution < -0.4 is 15.8 Å². The fourth-order valence-electron chi connectivity index (χ4n) is 4.13. The first kappa shape index (κ1) is 24.7. The van der Waals surface area contributed by atoms with E-state index in [-0.39, 0.29) is 34.7 Å². The Labute approximate surface area is 201 Å². The summed E-state index contributed by atoms with van der Waals surface area (Å²) in [4.78, 5) is 39.5. The number of hydrogen-bond donors (Lipinski definition) is 2. The van der Waals surface area contributed by atoms with Crippen molar-refractivity contribution in [2.45, 2.75) is 20.4 Å². The highest BCUT2D eigenvalue weighted by molar-refractivity contribution is 5.98. The minimum absolute atomic E-state index is 0.0806. The van der Waals surface area contributed by atoms with Gasteiger partial charge in [0.05, 0.1) is 17.8 Å². The van der Waals surface area contributed by atoms with Gasteiger partial charge in [-0.25, -0.2) is 18.7 Å². The minimum Gasteiger partial charge on any atom is -0.383 e. The monoisotopic (exact) mass is 486 g/mol. The van der Waals surface area contributed by atoms with Gasteiger partial charge in [-0.05, 0) is 32.0 Å². The Hall–Kier alpha value is -3.44. The van der Waals surface area contributed by atoms with Gasteiger partial charge in [0.15, 0.2) is 17.3 Å². The molecule has 186 valence electrons. The molecule has 0 aliphatic carbocycles. The molecule has 1 saturated heterocycles. The van der Waals surface area contributed by atoms with Crippen LogP contribution in [0.3, 0.4) is 0 Å². The summed E-state index contributed by atoms with van der Waals surface area (Å²) < 4.78 is 34.4. The fourth-order valence-corrected chi connectivity index (χ4v) is 4.13. The SMILES string of the molecule is COCCNC(=O)c1nc(C)ccc1N1CCN(Cc2cc3[nH]c(=O)c(C)nc3c(F)c2F)CC1. The minimum atomic E-state index is -1.06. The molecule has 3 aromatic rings. The molecule has 9 nitrogen and oxygen atoms in total. The molecule has 11 heteroatoms. The summed E-state index contributed by atoms with van der Waals surface area (Å²) in [5, 5.41) is 2.81. The smallest absolute Gasteiger partial charge is 0.272 e. The van der Waals surface area contributed by atoms with Crippen LogP contribution in [0.1, 0.15) is 27.4 Å². The van der Waals surface area contributed by atoms with Crippen molar-refractivity contribution in [3.05, 3.63) is 62.8 Å². The number of methoxy groups -OCH3 is 1. The number of carbonyl (C=O) groups excluding carboxylic acids is 1. The zero-order valence-electron chi connectivity index (χ0n) is 20.0. The molecule has 0 saturated carbocycles. The van der Waals surface area contributed by atoms with Gasteiger partial charge in [-0.2, -0.15) is 0 Å². The lowest BCUT2D eigenvalue weighted by atomic mass is 10.1. The Morgan fingerprint density at radius 2 is 1.89 bits per heavy atom. The van der Waals surface area contributed by atoms with Gasteiger partial charge in [0.2, 0.25) is 0 Å². The van der Waals surface area contributed by atoms with Crippen molar-refractivity contribution in [2.24, 2.45) is 0 Å². The van der Waals surface area contributed by atoms with Gasteiger partial charge >= 0.3 is 0 Å². The number of aromatic amines is 1. The molecule has 1 aromatic carbocycles. The number of hydrogen-bond acceptors (Lipinski definition) is 7. The Bertz CT molecular complexity index is 1300. The van der Waals surface area contributed by atoms with E-state index in [1.54, 1.807) is 7.11 Å². The Morgan fingerprint density at radius 1 is 1.14 bits per heavy atom. The van der Waals surface area contributed by atoms with Gasteiger partial charge < -0.3 is 19.9 Å². The molecule has 2 N–H and O–H groups in total. The van der Waals surface area contributed by atoms with Gasteiger partial charge in [-0.1, -0.05) is 0 Å². The summed E-state index contributed by atoms with van der Waals surface area (Å²) in [5.41, 5.74) is 1.60. The fraction of sp³-hybridized carbons (Fsp3) is 0.417. The first-order chi connectivity index (χ1) is 16.8. The van der Waals surface area contributed by atoms with Crippen LogP contribution in [-0.4, -0.2) is 72.2 Å². The number of rotatable bonds is 7. The standard InChI is InChI=1S/C24H28F2N6O3/c1-14-4-5-18(22(28-14)24(34)27-6-11-35-3)32-9-7-31(8-10-32)13-16-12-17-21(20(26)19(16)25)29-15(2)23(33)30-17/h4-5,12H,6-11,13H2,1-3H3,(H,27,34)(H,30,33). The second kappa shape index (κ2) is 10.4. The molecule has 4 rings (SSSR count). The third-order valence-corrected chi connectivity index (χ3v) is 6.04. The van der Waals surface area contributed by atoms with Gasteiger partial charge in [-0.15, -0.1) is 0 Å². The second-order valence-electron chi connectivity index (χ2n) is 8.54. The average molecular weight is 487 g/mol. The van der Waals surface area contributed by atoms with Crippen LogP contribution in [0.25, 0.3) is 11.0 Å². The number of anilines is 1. The van der Waals surface area contributed by atoms with E-state index in [1.807, 2.05) is 24.0 Å². The maximum atomic E-state index is 14.8. The normalized spacial score (nSPS) is 14.5. The van der Waals surface area contributed by atoms with Gasteiger partial charge in [0, 0.05) is 57.6 Å². The summed E-state index contributed by atoms with van der Waals surface area (Å²) >= 11 is 0. The van der Waals surface area contributed by atoms with E-state index in [2.05, 4.69) is 25.2 Å². The van der Waals surface area contributed by atoms with E-state index in [0.29, 0.717) is 45.0 Å². The Kier molecular flexibility index (Phi) is 7.37. The molecule has 1 aliphatic rings. The summed E-state index contributed by atoms with van der Waals surface area (Å²) in [6.45, 7) is 6.54. The van der Waals surface area contributed by atoms with Crippen molar-refractivity contribution in [3.63, 3.8) is 0 Å². The molecular weight excluding hydrogens is 458 g/mol. The van der Waals surface area contributed by atoms with E-state index in [0.717, 1.165) is 11.4 Å². The number of aryl methyl sites for hydroxylation is 2. The molecular formula is C24H28F2N6O3. The maximum Gasteiger partial charge on any atom is 0.272 e. The van der Waals surface area contributed by atoms with Gasteiger partial charge in [-0.3, -0.25) is 14.5 Å². The number of pyridine rings is 1. The van der Waals surface area contributed by atoms with Crippen molar-refractivity contribution >= 4 is 22.6 Å². The lowest BCUT2D eigenvalue weighted by molar-refractivity contribution is 0.0932. The van der Waals surface area contributed by atoms with E-state index in [4.69, 9.17) is 4.74 Å². The molecule has 0 bridgehead atoms. The highest BCUT2D eigenvalue weighted by atomic mass is 19.2. The second-order valence-corrected chi connectivity index (χ2v) is 8.54. The number of carbonyl (C=O) groups is 1. The van der Waals surface area contributed by atoms with Gasteiger partial charge in [0.25, 0.3) is 11.5 Å².